The topological polar surface area (TPSA) is 57.2 Å². The number of fused-ring (bicyclic) bond motifs is 1. The summed E-state index contributed by atoms with van der Waals surface area (Å²) < 4.78 is 22.4. The van der Waals surface area contributed by atoms with Gasteiger partial charge in [-0.05, 0) is 35.7 Å². The Balaban J connectivity index is 2.04. The van der Waals surface area contributed by atoms with E-state index in [4.69, 9.17) is 18.9 Å². The summed E-state index contributed by atoms with van der Waals surface area (Å²) in [4.78, 5) is 0. The summed E-state index contributed by atoms with van der Waals surface area (Å²) in [6.07, 6.45) is 2.24. The van der Waals surface area contributed by atoms with Gasteiger partial charge in [-0.2, -0.15) is 0 Å². The second-order valence-corrected chi connectivity index (χ2v) is 6.15. The fraction of sp³-hybridized carbons (Fsp3) is 0.333. The van der Waals surface area contributed by atoms with Crippen LogP contribution >= 0.6 is 0 Å². The Morgan fingerprint density at radius 3 is 2.38 bits per heavy atom. The first kappa shape index (κ1) is 18.1. The molecule has 3 rings (SSSR count). The standard InChI is InChI=1S/C21H24O5/c1-5-6-13-9-15-16(12-22)20(26-21(15)19(10-13)25-4)14-7-8-17(23-2)18(11-14)24-3/h5,7-11,16,20,22H,1,6,12H2,2-4H3. The third-order valence-electron chi connectivity index (χ3n) is 4.69. The highest BCUT2D eigenvalue weighted by molar-refractivity contribution is 5.56. The minimum Gasteiger partial charge on any atom is -0.493 e. The number of aliphatic hydroxyl groups excluding tert-OH is 1. The first-order valence-electron chi connectivity index (χ1n) is 8.47. The molecule has 0 fully saturated rings. The molecule has 1 aliphatic heterocycles. The van der Waals surface area contributed by atoms with Gasteiger partial charge in [0.15, 0.2) is 23.0 Å². The first-order chi connectivity index (χ1) is 12.7. The zero-order valence-corrected chi connectivity index (χ0v) is 15.3. The molecule has 26 heavy (non-hydrogen) atoms. The summed E-state index contributed by atoms with van der Waals surface area (Å²) in [5, 5.41) is 10.1. The molecule has 0 aliphatic carbocycles. The summed E-state index contributed by atoms with van der Waals surface area (Å²) in [5.74, 6) is 2.43. The summed E-state index contributed by atoms with van der Waals surface area (Å²) in [5.41, 5.74) is 2.93. The molecule has 0 saturated heterocycles. The predicted octanol–water partition coefficient (Wildman–Crippen LogP) is 3.65. The van der Waals surface area contributed by atoms with E-state index in [1.54, 1.807) is 21.3 Å². The monoisotopic (exact) mass is 356 g/mol. The molecule has 2 unspecified atom stereocenters. The molecule has 0 bridgehead atoms. The Labute approximate surface area is 153 Å². The van der Waals surface area contributed by atoms with Gasteiger partial charge in [0.05, 0.1) is 33.9 Å². The number of allylic oxidation sites excluding steroid dienone is 1. The van der Waals surface area contributed by atoms with E-state index in [2.05, 4.69) is 12.6 Å². The second-order valence-electron chi connectivity index (χ2n) is 6.15. The van der Waals surface area contributed by atoms with E-state index >= 15 is 0 Å². The van der Waals surface area contributed by atoms with Crippen LogP contribution in [0, 0.1) is 0 Å². The molecule has 0 aromatic heterocycles. The molecule has 0 saturated carbocycles. The summed E-state index contributed by atoms with van der Waals surface area (Å²) in [7, 11) is 4.82. The normalized spacial score (nSPS) is 18.0. The third-order valence-corrected chi connectivity index (χ3v) is 4.69. The Morgan fingerprint density at radius 2 is 1.77 bits per heavy atom. The quantitative estimate of drug-likeness (QED) is 0.768. The Kier molecular flexibility index (Phi) is 5.38. The Hall–Kier alpha value is -2.66. The van der Waals surface area contributed by atoms with Crippen molar-refractivity contribution in [2.24, 2.45) is 0 Å². The molecule has 0 spiro atoms. The first-order valence-corrected chi connectivity index (χ1v) is 8.47. The van der Waals surface area contributed by atoms with E-state index in [-0.39, 0.29) is 18.6 Å². The molecule has 1 N–H and O–H groups in total. The maximum Gasteiger partial charge on any atom is 0.165 e. The van der Waals surface area contributed by atoms with Crippen molar-refractivity contribution in [2.75, 3.05) is 27.9 Å². The number of hydrogen-bond acceptors (Lipinski definition) is 5. The van der Waals surface area contributed by atoms with E-state index in [1.165, 1.54) is 0 Å². The molecule has 138 valence electrons. The average Bonchev–Trinajstić information content (AvgIpc) is 3.05. The lowest BCUT2D eigenvalue weighted by Gasteiger charge is -2.19. The second kappa shape index (κ2) is 7.70. The zero-order valence-electron chi connectivity index (χ0n) is 15.3. The smallest absolute Gasteiger partial charge is 0.165 e. The van der Waals surface area contributed by atoms with Gasteiger partial charge in [-0.25, -0.2) is 0 Å². The van der Waals surface area contributed by atoms with Gasteiger partial charge in [0.2, 0.25) is 0 Å². The fourth-order valence-electron chi connectivity index (χ4n) is 3.42. The molecular formula is C21H24O5. The summed E-state index contributed by atoms with van der Waals surface area (Å²) in [6, 6.07) is 9.66. The predicted molar refractivity (Wildman–Crippen MR) is 99.6 cm³/mol. The van der Waals surface area contributed by atoms with E-state index in [9.17, 15) is 5.11 Å². The van der Waals surface area contributed by atoms with Gasteiger partial charge >= 0.3 is 0 Å². The highest BCUT2D eigenvalue weighted by Gasteiger charge is 2.38. The van der Waals surface area contributed by atoms with Crippen LogP contribution in [0.15, 0.2) is 43.0 Å². The molecule has 5 heteroatoms. The lowest BCUT2D eigenvalue weighted by molar-refractivity contribution is 0.156. The fourth-order valence-corrected chi connectivity index (χ4v) is 3.42. The van der Waals surface area contributed by atoms with Crippen LogP contribution in [-0.4, -0.2) is 33.0 Å². The van der Waals surface area contributed by atoms with Crippen molar-refractivity contribution in [1.82, 2.24) is 0 Å². The molecule has 2 aromatic rings. The van der Waals surface area contributed by atoms with Gasteiger partial charge in [0.25, 0.3) is 0 Å². The van der Waals surface area contributed by atoms with Crippen LogP contribution in [0.4, 0.5) is 0 Å². The van der Waals surface area contributed by atoms with Gasteiger partial charge in [-0.3, -0.25) is 0 Å². The maximum atomic E-state index is 10.1. The van der Waals surface area contributed by atoms with Crippen LogP contribution in [0.25, 0.3) is 0 Å². The Bertz CT molecular complexity index is 799. The van der Waals surface area contributed by atoms with Gasteiger partial charge in [-0.1, -0.05) is 18.2 Å². The van der Waals surface area contributed by atoms with E-state index in [0.29, 0.717) is 23.0 Å². The number of rotatable bonds is 7. The minimum atomic E-state index is -0.331. The molecule has 1 aliphatic rings. The molecule has 0 amide bonds. The van der Waals surface area contributed by atoms with Crippen molar-refractivity contribution in [3.63, 3.8) is 0 Å². The van der Waals surface area contributed by atoms with Crippen LogP contribution in [0.3, 0.4) is 0 Å². The highest BCUT2D eigenvalue weighted by Crippen LogP contribution is 2.51. The van der Waals surface area contributed by atoms with Gasteiger partial charge in [-0.15, -0.1) is 6.58 Å². The molecule has 2 aromatic carbocycles. The average molecular weight is 356 g/mol. The third kappa shape index (κ3) is 3.10. The van der Waals surface area contributed by atoms with Crippen LogP contribution in [0.1, 0.15) is 28.7 Å². The molecule has 2 atom stereocenters. The molecule has 1 heterocycles. The van der Waals surface area contributed by atoms with Crippen molar-refractivity contribution in [3.05, 3.63) is 59.7 Å². The molecule has 5 nitrogen and oxygen atoms in total. The highest BCUT2D eigenvalue weighted by atomic mass is 16.5. The van der Waals surface area contributed by atoms with E-state index in [1.807, 2.05) is 30.3 Å². The molecule has 0 radical (unpaired) electrons. The van der Waals surface area contributed by atoms with E-state index < -0.39 is 0 Å². The van der Waals surface area contributed by atoms with Crippen LogP contribution in [0.5, 0.6) is 23.0 Å². The van der Waals surface area contributed by atoms with Crippen molar-refractivity contribution in [1.29, 1.82) is 0 Å². The van der Waals surface area contributed by atoms with Crippen molar-refractivity contribution < 1.29 is 24.1 Å². The van der Waals surface area contributed by atoms with Gasteiger partial charge in [0.1, 0.15) is 6.10 Å². The number of hydrogen-bond donors (Lipinski definition) is 1. The number of ether oxygens (including phenoxy) is 4. The summed E-state index contributed by atoms with van der Waals surface area (Å²) in [6.45, 7) is 3.76. The zero-order chi connectivity index (χ0) is 18.7. The minimum absolute atomic E-state index is 0.0350. The number of benzene rings is 2. The number of aliphatic hydroxyl groups is 1. The summed E-state index contributed by atoms with van der Waals surface area (Å²) >= 11 is 0. The molecular weight excluding hydrogens is 332 g/mol. The van der Waals surface area contributed by atoms with Crippen LogP contribution < -0.4 is 18.9 Å². The number of methoxy groups -OCH3 is 3. The van der Waals surface area contributed by atoms with E-state index in [0.717, 1.165) is 23.1 Å². The Morgan fingerprint density at radius 1 is 1.04 bits per heavy atom. The van der Waals surface area contributed by atoms with Gasteiger partial charge < -0.3 is 24.1 Å². The maximum absolute atomic E-state index is 10.1. The van der Waals surface area contributed by atoms with Crippen molar-refractivity contribution in [3.8, 4) is 23.0 Å². The lowest BCUT2D eigenvalue weighted by Crippen LogP contribution is -2.13. The van der Waals surface area contributed by atoms with Gasteiger partial charge in [0, 0.05) is 5.56 Å². The largest absolute Gasteiger partial charge is 0.493 e. The van der Waals surface area contributed by atoms with Crippen LogP contribution in [-0.2, 0) is 6.42 Å². The van der Waals surface area contributed by atoms with Crippen molar-refractivity contribution in [2.45, 2.75) is 18.4 Å². The van der Waals surface area contributed by atoms with Crippen molar-refractivity contribution >= 4 is 0 Å². The SMILES string of the molecule is C=CCc1cc(OC)c2c(c1)C(CO)C(c1ccc(OC)c(OC)c1)O2. The van der Waals surface area contributed by atoms with Crippen LogP contribution in [0.2, 0.25) is 0 Å². The lowest BCUT2D eigenvalue weighted by atomic mass is 9.90.